The molecule has 6 aliphatic rings. The number of ether oxygens (including phenoxy) is 1. The number of H-pyrrole nitrogens is 2. The minimum Gasteiger partial charge on any atom is -0.378 e. The first-order valence-corrected chi connectivity index (χ1v) is 20.3. The minimum atomic E-state index is -0.484. The molecule has 2 aliphatic carbocycles. The van der Waals surface area contributed by atoms with Crippen LogP contribution in [0.25, 0.3) is 32.9 Å². The molecule has 6 fully saturated rings. The Kier molecular flexibility index (Phi) is 11.1. The molecule has 0 spiro atoms. The number of pyridine rings is 2. The normalized spacial score (nSPS) is 21.2. The molecule has 3 N–H and O–H groups in total. The van der Waals surface area contributed by atoms with Crippen LogP contribution in [0.1, 0.15) is 67.9 Å². The predicted molar refractivity (Wildman–Crippen MR) is 219 cm³/mol. The van der Waals surface area contributed by atoms with Gasteiger partial charge in [-0.05, 0) is 94.2 Å². The molecule has 56 heavy (non-hydrogen) atoms. The lowest BCUT2D eigenvalue weighted by atomic mass is 9.87. The number of hydrogen-bond donors (Lipinski definition) is 3. The van der Waals surface area contributed by atoms with E-state index in [1.807, 2.05) is 24.0 Å². The van der Waals surface area contributed by atoms with Crippen molar-refractivity contribution in [1.29, 1.82) is 5.26 Å². The van der Waals surface area contributed by atoms with Gasteiger partial charge in [-0.15, -0.1) is 0 Å². The number of nitrogens with one attached hydrogen (secondary N) is 3. The summed E-state index contributed by atoms with van der Waals surface area (Å²) < 4.78 is 21.5. The fourth-order valence-corrected chi connectivity index (χ4v) is 8.89. The Morgan fingerprint density at radius 2 is 1.91 bits per heavy atom. The Morgan fingerprint density at radius 1 is 1.11 bits per heavy atom. The molecule has 4 aliphatic heterocycles. The number of fused-ring (bicyclic) bond motifs is 4. The number of anilines is 1. The van der Waals surface area contributed by atoms with Gasteiger partial charge in [-0.2, -0.15) is 5.26 Å². The highest BCUT2D eigenvalue weighted by molar-refractivity contribution is 6.43. The average Bonchev–Trinajstić information content (AvgIpc) is 3.56. The largest absolute Gasteiger partial charge is 0.378 e. The molecule has 3 aromatic heterocycles. The first-order valence-electron chi connectivity index (χ1n) is 19.6. The second-order valence-corrected chi connectivity index (χ2v) is 16.5. The van der Waals surface area contributed by atoms with E-state index in [9.17, 15) is 14.9 Å². The fourth-order valence-electron chi connectivity index (χ4n) is 8.50. The molecule has 13 heteroatoms. The molecule has 292 valence electrons. The minimum absolute atomic E-state index is 0.0117. The van der Waals surface area contributed by atoms with Crippen LogP contribution in [0.5, 0.6) is 0 Å². The third kappa shape index (κ3) is 7.64. The van der Waals surface area contributed by atoms with Crippen molar-refractivity contribution in [1.82, 2.24) is 25.2 Å². The van der Waals surface area contributed by atoms with Crippen molar-refractivity contribution in [2.75, 3.05) is 38.2 Å². The van der Waals surface area contributed by atoms with Crippen molar-refractivity contribution in [2.24, 2.45) is 11.8 Å². The summed E-state index contributed by atoms with van der Waals surface area (Å²) in [5.74, 6) is 1.01. The van der Waals surface area contributed by atoms with Crippen LogP contribution in [0.2, 0.25) is 10.0 Å². The molecule has 2 bridgehead atoms. The molecule has 7 heterocycles. The van der Waals surface area contributed by atoms with Gasteiger partial charge in [0.15, 0.2) is 5.82 Å². The first-order chi connectivity index (χ1) is 27.1. The number of halogens is 3. The number of aryl methyl sites for hydroxylation is 2. The summed E-state index contributed by atoms with van der Waals surface area (Å²) in [6.07, 6.45) is 9.34. The molecule has 1 amide bonds. The van der Waals surface area contributed by atoms with Gasteiger partial charge < -0.3 is 29.8 Å². The number of rotatable bonds is 7. The predicted octanol–water partition coefficient (Wildman–Crippen LogP) is 8.25. The zero-order valence-corrected chi connectivity index (χ0v) is 33.2. The van der Waals surface area contributed by atoms with Gasteiger partial charge in [-0.3, -0.25) is 9.59 Å². The van der Waals surface area contributed by atoms with Crippen molar-refractivity contribution in [3.05, 3.63) is 91.8 Å². The van der Waals surface area contributed by atoms with E-state index in [1.54, 1.807) is 37.6 Å². The summed E-state index contributed by atoms with van der Waals surface area (Å²) in [4.78, 5) is 38.8. The molecule has 2 aromatic carbocycles. The zero-order chi connectivity index (χ0) is 39.1. The quantitative estimate of drug-likeness (QED) is 0.151. The molecule has 1 unspecified atom stereocenters. The van der Waals surface area contributed by atoms with Crippen LogP contribution >= 0.6 is 23.2 Å². The van der Waals surface area contributed by atoms with Gasteiger partial charge in [0, 0.05) is 96.4 Å². The highest BCUT2D eigenvalue weighted by atomic mass is 35.5. The highest BCUT2D eigenvalue weighted by Crippen LogP contribution is 2.43. The number of methoxy groups -OCH3 is 1. The Morgan fingerprint density at radius 3 is 2.57 bits per heavy atom. The van der Waals surface area contributed by atoms with E-state index in [-0.39, 0.29) is 40.4 Å². The standard InChI is InChI=1S/C29H25Cl2FN4O.C9H12N2O2.C5H9N/c1-15-19-14-22(23-8-4-12-36(23)29(37)16-9-10-16)35-27(19)20-13-17(5-3-11-33)24(26(32)28(20)34-15)18-6-2-7-21(30)25(18)31;1-13-8-5-11(6-8)7-2-3-10-9(12)4-7;1-4-2-5(1)6-3-4/h2,6-7,13-14,16,23,35H,3-5,8-10,12H2,1H3;2-4,8H,5-6H2,1H3,(H,10,12);4-6H,1-3H2. The maximum absolute atomic E-state index is 16.3. The average molecular weight is 799 g/mol. The molecule has 10 nitrogen and oxygen atoms in total. The second kappa shape index (κ2) is 16.2. The number of amides is 1. The van der Waals surface area contributed by atoms with Crippen LogP contribution in [0.4, 0.5) is 10.1 Å². The number of carbonyl (C=O) groups excluding carboxylic acids is 1. The summed E-state index contributed by atoms with van der Waals surface area (Å²) in [5.41, 5.74) is 5.08. The lowest BCUT2D eigenvalue weighted by Gasteiger charge is -2.39. The Hall–Kier alpha value is -4.47. The molecule has 11 rings (SSSR count). The number of aromatic nitrogens is 3. The molecular formula is C43H46Cl2FN7O3. The molecule has 2 saturated carbocycles. The van der Waals surface area contributed by atoms with E-state index in [0.717, 1.165) is 79.6 Å². The third-order valence-corrected chi connectivity index (χ3v) is 12.7. The van der Waals surface area contributed by atoms with Crippen molar-refractivity contribution in [2.45, 2.75) is 76.5 Å². The Bertz CT molecular complexity index is 2360. The van der Waals surface area contributed by atoms with Crippen LogP contribution in [0.15, 0.2) is 53.5 Å². The van der Waals surface area contributed by atoms with Crippen LogP contribution in [0.3, 0.4) is 0 Å². The molecular weight excluding hydrogens is 752 g/mol. The van der Waals surface area contributed by atoms with E-state index in [1.165, 1.54) is 19.4 Å². The number of benzene rings is 2. The van der Waals surface area contributed by atoms with Gasteiger partial charge in [0.05, 0.1) is 33.8 Å². The van der Waals surface area contributed by atoms with Crippen molar-refractivity contribution < 1.29 is 13.9 Å². The summed E-state index contributed by atoms with van der Waals surface area (Å²) in [6.45, 7) is 5.70. The summed E-state index contributed by atoms with van der Waals surface area (Å²) in [5, 5.41) is 14.8. The molecule has 0 radical (unpaired) electrons. The molecule has 1 atom stereocenters. The van der Waals surface area contributed by atoms with E-state index in [2.05, 4.69) is 37.3 Å². The summed E-state index contributed by atoms with van der Waals surface area (Å²) in [7, 11) is 1.71. The van der Waals surface area contributed by atoms with Gasteiger partial charge in [0.2, 0.25) is 11.5 Å². The van der Waals surface area contributed by atoms with Crippen LogP contribution < -0.4 is 15.8 Å². The third-order valence-electron chi connectivity index (χ3n) is 11.9. The zero-order valence-electron chi connectivity index (χ0n) is 31.6. The number of likely N-dealkylation sites (tertiary alicyclic amines) is 1. The Labute approximate surface area is 335 Å². The lowest BCUT2D eigenvalue weighted by Crippen LogP contribution is -2.52. The van der Waals surface area contributed by atoms with E-state index >= 15 is 4.39 Å². The smallest absolute Gasteiger partial charge is 0.249 e. The number of hydrogen-bond acceptors (Lipinski definition) is 7. The molecule has 4 saturated heterocycles. The fraction of sp³-hybridized carbons (Fsp3) is 0.442. The van der Waals surface area contributed by atoms with Gasteiger partial charge in [-0.1, -0.05) is 35.3 Å². The highest BCUT2D eigenvalue weighted by Gasteiger charge is 2.39. The summed E-state index contributed by atoms with van der Waals surface area (Å²) in [6, 6.07) is 15.7. The van der Waals surface area contributed by atoms with E-state index in [4.69, 9.17) is 27.9 Å². The van der Waals surface area contributed by atoms with Gasteiger partial charge >= 0.3 is 0 Å². The summed E-state index contributed by atoms with van der Waals surface area (Å²) >= 11 is 12.8. The van der Waals surface area contributed by atoms with Gasteiger partial charge in [-0.25, -0.2) is 9.37 Å². The number of nitriles is 1. The van der Waals surface area contributed by atoms with Crippen LogP contribution in [-0.4, -0.2) is 71.2 Å². The first kappa shape index (κ1) is 38.4. The lowest BCUT2D eigenvalue weighted by molar-refractivity contribution is -0.133. The van der Waals surface area contributed by atoms with Crippen LogP contribution in [0, 0.1) is 35.9 Å². The van der Waals surface area contributed by atoms with E-state index < -0.39 is 5.82 Å². The number of carbonyl (C=O) groups is 1. The van der Waals surface area contributed by atoms with Crippen molar-refractivity contribution >= 4 is 56.6 Å². The Balaban J connectivity index is 0.000000187. The van der Waals surface area contributed by atoms with Gasteiger partial charge in [0.25, 0.3) is 0 Å². The van der Waals surface area contributed by atoms with Crippen molar-refractivity contribution in [3.63, 3.8) is 0 Å². The monoisotopic (exact) mass is 797 g/mol. The van der Waals surface area contributed by atoms with Crippen LogP contribution in [-0.2, 0) is 16.0 Å². The van der Waals surface area contributed by atoms with E-state index in [0.29, 0.717) is 45.3 Å². The number of nitrogens with zero attached hydrogens (tertiary/aromatic N) is 4. The van der Waals surface area contributed by atoms with Gasteiger partial charge in [0.1, 0.15) is 5.52 Å². The maximum Gasteiger partial charge on any atom is 0.249 e. The SMILES string of the molecule is C1NC2CC1C2.COC1CN(c2cc[nH]c(=O)c2)C1.Cc1nc2c(F)c(-c3cccc(Cl)c3Cl)c(CCC#N)cc2c2[nH]c(C3CCCN3C(=O)C3CC3)cc12. The topological polar surface area (TPSA) is 130 Å². The number of aromatic amines is 2. The second-order valence-electron chi connectivity index (χ2n) is 15.7. The van der Waals surface area contributed by atoms with Crippen molar-refractivity contribution in [3.8, 4) is 17.2 Å². The maximum atomic E-state index is 16.3. The molecule has 5 aromatic rings.